The van der Waals surface area contributed by atoms with Crippen molar-refractivity contribution < 1.29 is 9.13 Å². The minimum Gasteiger partial charge on any atom is -0.457 e. The number of benzene rings is 3. The van der Waals surface area contributed by atoms with Gasteiger partial charge in [-0.1, -0.05) is 75.3 Å². The Labute approximate surface area is 312 Å². The minimum absolute atomic E-state index is 0.314. The summed E-state index contributed by atoms with van der Waals surface area (Å²) in [4.78, 5) is 4.55. The number of nitrogens with zero attached hydrogens (tertiary/aromatic N) is 4. The van der Waals surface area contributed by atoms with Gasteiger partial charge in [0.25, 0.3) is 0 Å². The fraction of sp³-hybridized carbons (Fsp3) is 0.404. The molecule has 9 rings (SSSR count). The Bertz CT molecular complexity index is 2320. The second-order valence-electron chi connectivity index (χ2n) is 16.2. The highest BCUT2D eigenvalue weighted by Gasteiger charge is 2.37. The van der Waals surface area contributed by atoms with Crippen molar-refractivity contribution in [2.75, 3.05) is 0 Å². The van der Waals surface area contributed by atoms with Crippen LogP contribution in [-0.4, -0.2) is 19.3 Å². The van der Waals surface area contributed by atoms with Crippen LogP contribution >= 0.6 is 0 Å². The maximum absolute atomic E-state index is 14.5. The van der Waals surface area contributed by atoms with Gasteiger partial charge in [-0.25, -0.2) is 14.1 Å². The number of fused-ring (bicyclic) bond motifs is 3. The molecule has 0 bridgehead atoms. The summed E-state index contributed by atoms with van der Waals surface area (Å²) in [6.07, 6.45) is 19.2. The third-order valence-corrected chi connectivity index (χ3v) is 12.5. The fourth-order valence-electron chi connectivity index (χ4n) is 10.1. The van der Waals surface area contributed by atoms with Crippen LogP contribution < -0.4 is 4.74 Å². The Hall–Kier alpha value is -4.71. The lowest BCUT2D eigenvalue weighted by atomic mass is 9.71. The normalized spacial score (nSPS) is 20.3. The van der Waals surface area contributed by atoms with Gasteiger partial charge in [0.05, 0.1) is 28.1 Å². The van der Waals surface area contributed by atoms with E-state index < -0.39 is 0 Å². The molecule has 3 heterocycles. The first kappa shape index (κ1) is 34.1. The highest BCUT2D eigenvalue weighted by molar-refractivity contribution is 6.09. The third kappa shape index (κ3) is 6.38. The lowest BCUT2D eigenvalue weighted by molar-refractivity contribution is 0.406. The fourth-order valence-corrected chi connectivity index (χ4v) is 10.1. The van der Waals surface area contributed by atoms with Crippen LogP contribution in [0.1, 0.15) is 131 Å². The van der Waals surface area contributed by atoms with Crippen LogP contribution in [0, 0.1) is 18.7 Å². The largest absolute Gasteiger partial charge is 0.457 e. The Balaban J connectivity index is 1.17. The predicted octanol–water partition coefficient (Wildman–Crippen LogP) is 13.2. The van der Waals surface area contributed by atoms with Crippen molar-refractivity contribution in [2.24, 2.45) is 5.92 Å². The molecule has 5 nitrogen and oxygen atoms in total. The molecular formula is C47H51FN4O. The van der Waals surface area contributed by atoms with Gasteiger partial charge in [0.1, 0.15) is 23.1 Å². The molecule has 53 heavy (non-hydrogen) atoms. The summed E-state index contributed by atoms with van der Waals surface area (Å²) >= 11 is 0. The van der Waals surface area contributed by atoms with Gasteiger partial charge in [-0.2, -0.15) is 5.10 Å². The molecule has 0 amide bonds. The van der Waals surface area contributed by atoms with E-state index in [0.29, 0.717) is 29.5 Å². The second-order valence-corrected chi connectivity index (χ2v) is 16.2. The van der Waals surface area contributed by atoms with E-state index in [0.717, 1.165) is 44.6 Å². The number of para-hydroxylation sites is 1. The van der Waals surface area contributed by atoms with E-state index in [1.165, 1.54) is 112 Å². The number of allylic oxidation sites excluding steroid dienone is 2. The van der Waals surface area contributed by atoms with Gasteiger partial charge < -0.3 is 4.74 Å². The van der Waals surface area contributed by atoms with Gasteiger partial charge >= 0.3 is 0 Å². The molecule has 0 radical (unpaired) electrons. The highest BCUT2D eigenvalue weighted by atomic mass is 19.1. The number of hydrogen-bond acceptors (Lipinski definition) is 3. The molecule has 1 unspecified atom stereocenters. The van der Waals surface area contributed by atoms with Crippen molar-refractivity contribution >= 4 is 21.8 Å². The molecule has 0 aliphatic heterocycles. The van der Waals surface area contributed by atoms with Gasteiger partial charge in [-0.15, -0.1) is 0 Å². The molecule has 3 aliphatic rings. The summed E-state index contributed by atoms with van der Waals surface area (Å²) < 4.78 is 25.7. The molecular weight excluding hydrogens is 656 g/mol. The number of aromatic nitrogens is 4. The monoisotopic (exact) mass is 706 g/mol. The van der Waals surface area contributed by atoms with Crippen LogP contribution in [0.2, 0.25) is 0 Å². The first-order valence-corrected chi connectivity index (χ1v) is 20.2. The van der Waals surface area contributed by atoms with E-state index in [9.17, 15) is 4.39 Å². The molecule has 6 heteroatoms. The van der Waals surface area contributed by atoms with Crippen molar-refractivity contribution in [1.82, 2.24) is 19.3 Å². The van der Waals surface area contributed by atoms with Crippen LogP contribution in [0.5, 0.6) is 11.5 Å². The summed E-state index contributed by atoms with van der Waals surface area (Å²) in [6, 6.07) is 23.9. The van der Waals surface area contributed by atoms with Crippen molar-refractivity contribution in [3.63, 3.8) is 0 Å². The molecule has 2 saturated carbocycles. The summed E-state index contributed by atoms with van der Waals surface area (Å²) in [5, 5.41) is 7.89. The van der Waals surface area contributed by atoms with E-state index in [1.54, 1.807) is 5.56 Å². The number of ether oxygens (including phenoxy) is 1. The Morgan fingerprint density at radius 1 is 0.736 bits per heavy atom. The number of aryl methyl sites for hydroxylation is 1. The van der Waals surface area contributed by atoms with Crippen LogP contribution in [0.15, 0.2) is 90.6 Å². The zero-order valence-electron chi connectivity index (χ0n) is 31.5. The maximum Gasteiger partial charge on any atom is 0.140 e. The molecule has 6 aromatic rings. The SMILES string of the molecule is CC1=CCC[C@H](C)C1c1c(C2CCCCC2)nn(-c2cc(C)cc(Oc3ccc4c5ccccc5n(-c5cc(F)ccn5)c4c3)c2)c1C1CCCCC1. The number of pyridine rings is 1. The van der Waals surface area contributed by atoms with Crippen LogP contribution in [0.3, 0.4) is 0 Å². The molecule has 272 valence electrons. The molecule has 2 fully saturated rings. The first-order chi connectivity index (χ1) is 25.9. The Kier molecular flexibility index (Phi) is 9.17. The molecule has 3 aromatic heterocycles. The molecule has 3 aliphatic carbocycles. The predicted molar refractivity (Wildman–Crippen MR) is 213 cm³/mol. The van der Waals surface area contributed by atoms with Gasteiger partial charge in [-0.3, -0.25) is 4.57 Å². The van der Waals surface area contributed by atoms with Gasteiger partial charge in [-0.05, 0) is 100 Å². The summed E-state index contributed by atoms with van der Waals surface area (Å²) in [7, 11) is 0. The van der Waals surface area contributed by atoms with Crippen molar-refractivity contribution in [1.29, 1.82) is 0 Å². The van der Waals surface area contributed by atoms with E-state index in [2.05, 4.69) is 79.0 Å². The summed E-state index contributed by atoms with van der Waals surface area (Å²) in [5.74, 6) is 3.81. The van der Waals surface area contributed by atoms with Crippen molar-refractivity contribution in [2.45, 2.75) is 116 Å². The lowest BCUT2D eigenvalue weighted by Crippen LogP contribution is -2.21. The van der Waals surface area contributed by atoms with Gasteiger partial charge in [0, 0.05) is 58.5 Å². The molecule has 0 N–H and O–H groups in total. The number of hydrogen-bond donors (Lipinski definition) is 0. The van der Waals surface area contributed by atoms with E-state index in [-0.39, 0.29) is 5.82 Å². The molecule has 0 saturated heterocycles. The van der Waals surface area contributed by atoms with E-state index in [4.69, 9.17) is 9.84 Å². The zero-order chi connectivity index (χ0) is 36.1. The quantitative estimate of drug-likeness (QED) is 0.155. The maximum atomic E-state index is 14.5. The molecule has 3 aromatic carbocycles. The van der Waals surface area contributed by atoms with Gasteiger partial charge in [0.2, 0.25) is 0 Å². The van der Waals surface area contributed by atoms with Crippen LogP contribution in [0.4, 0.5) is 4.39 Å². The average molecular weight is 707 g/mol. The topological polar surface area (TPSA) is 44.9 Å². The van der Waals surface area contributed by atoms with E-state index in [1.807, 2.05) is 22.8 Å². The number of halogens is 1. The lowest BCUT2D eigenvalue weighted by Gasteiger charge is -2.33. The number of rotatable bonds is 7. The minimum atomic E-state index is -0.314. The Morgan fingerprint density at radius 2 is 1.49 bits per heavy atom. The average Bonchev–Trinajstić information content (AvgIpc) is 3.72. The molecule has 2 atom stereocenters. The first-order valence-electron chi connectivity index (χ1n) is 20.2. The second kappa shape index (κ2) is 14.3. The van der Waals surface area contributed by atoms with Crippen LogP contribution in [-0.2, 0) is 0 Å². The van der Waals surface area contributed by atoms with Crippen molar-refractivity contribution in [3.05, 3.63) is 119 Å². The zero-order valence-corrected chi connectivity index (χ0v) is 31.5. The van der Waals surface area contributed by atoms with Gasteiger partial charge in [0.15, 0.2) is 0 Å². The summed E-state index contributed by atoms with van der Waals surface area (Å²) in [6.45, 7) is 7.02. The van der Waals surface area contributed by atoms with Crippen LogP contribution in [0.25, 0.3) is 33.3 Å². The third-order valence-electron chi connectivity index (χ3n) is 12.5. The smallest absolute Gasteiger partial charge is 0.140 e. The molecule has 0 spiro atoms. The van der Waals surface area contributed by atoms with E-state index >= 15 is 0 Å². The Morgan fingerprint density at radius 3 is 2.26 bits per heavy atom. The highest BCUT2D eigenvalue weighted by Crippen LogP contribution is 2.49. The summed E-state index contributed by atoms with van der Waals surface area (Å²) in [5.41, 5.74) is 10.1. The standard InChI is InChI=1S/C47H51FN4O/c1-30-25-36(28-38(26-30)53-37-21-22-40-39-19-10-11-20-41(39)51(42(40)29-37)43-27-35(48)23-24-49-43)52-47(34-17-8-5-9-18-34)45(44-31(2)13-12-14-32(44)3)46(50-52)33-15-6-4-7-16-33/h10-11,13,19-29,32-34,44H,4-9,12,14-18H2,1-3H3/t32-,44?/m0/s1. The van der Waals surface area contributed by atoms with Crippen molar-refractivity contribution in [3.8, 4) is 23.0 Å².